The Morgan fingerprint density at radius 1 is 1.21 bits per heavy atom. The van der Waals surface area contributed by atoms with Crippen LogP contribution in [-0.2, 0) is 6.42 Å². The summed E-state index contributed by atoms with van der Waals surface area (Å²) in [6, 6.07) is 2.61. The Kier molecular flexibility index (Phi) is 4.29. The Morgan fingerprint density at radius 2 is 1.93 bits per heavy atom. The van der Waals surface area contributed by atoms with Crippen LogP contribution in [0.25, 0.3) is 0 Å². The molecule has 1 rings (SSSR count). The van der Waals surface area contributed by atoms with Crippen molar-refractivity contribution in [1.82, 2.24) is 0 Å². The van der Waals surface area contributed by atoms with Crippen molar-refractivity contribution in [2.75, 3.05) is 6.54 Å². The maximum Gasteiger partial charge on any atom is 0.147 e. The first-order valence-corrected chi connectivity index (χ1v) is 4.87. The van der Waals surface area contributed by atoms with E-state index in [0.717, 1.165) is 12.8 Å². The molecule has 0 fully saturated rings. The number of hydrogen-bond acceptors (Lipinski definition) is 1. The average molecular weight is 220 g/mol. The molecule has 0 atom stereocenters. The van der Waals surface area contributed by atoms with E-state index in [1.54, 1.807) is 0 Å². The number of unbranched alkanes of at least 4 members (excludes halogenated alkanes) is 1. The number of halogens is 3. The van der Waals surface area contributed by atoms with Crippen LogP contribution in [0.1, 0.15) is 18.4 Å². The molecular weight excluding hydrogens is 208 g/mol. The largest absolute Gasteiger partial charge is 0.330 e. The first-order chi connectivity index (χ1) is 6.66. The molecule has 2 N–H and O–H groups in total. The minimum Gasteiger partial charge on any atom is -0.330 e. The van der Waals surface area contributed by atoms with Gasteiger partial charge in [-0.2, -0.15) is 0 Å². The molecular formula is C10H12ClF2N. The minimum atomic E-state index is -0.716. The molecule has 1 aromatic rings. The molecule has 0 aliphatic rings. The van der Waals surface area contributed by atoms with E-state index < -0.39 is 16.7 Å². The van der Waals surface area contributed by atoms with Crippen molar-refractivity contribution in [1.29, 1.82) is 0 Å². The van der Waals surface area contributed by atoms with E-state index in [1.807, 2.05) is 0 Å². The predicted molar refractivity (Wildman–Crippen MR) is 53.4 cm³/mol. The zero-order valence-electron chi connectivity index (χ0n) is 7.69. The van der Waals surface area contributed by atoms with Gasteiger partial charge in [-0.25, -0.2) is 8.78 Å². The molecule has 0 heterocycles. The molecule has 78 valence electrons. The van der Waals surface area contributed by atoms with E-state index in [2.05, 4.69) is 0 Å². The SMILES string of the molecule is NCCCCc1ccc(F)c(Cl)c1F. The van der Waals surface area contributed by atoms with Gasteiger partial charge in [0.2, 0.25) is 0 Å². The summed E-state index contributed by atoms with van der Waals surface area (Å²) in [5.74, 6) is -1.37. The summed E-state index contributed by atoms with van der Waals surface area (Å²) in [4.78, 5) is 0. The van der Waals surface area contributed by atoms with E-state index in [4.69, 9.17) is 17.3 Å². The first-order valence-electron chi connectivity index (χ1n) is 4.49. The lowest BCUT2D eigenvalue weighted by atomic mass is 10.1. The van der Waals surface area contributed by atoms with Crippen LogP contribution in [0.15, 0.2) is 12.1 Å². The molecule has 0 amide bonds. The second-order valence-corrected chi connectivity index (χ2v) is 3.46. The Balaban J connectivity index is 2.73. The van der Waals surface area contributed by atoms with Gasteiger partial charge < -0.3 is 5.73 Å². The number of rotatable bonds is 4. The van der Waals surface area contributed by atoms with E-state index in [1.165, 1.54) is 12.1 Å². The lowest BCUT2D eigenvalue weighted by molar-refractivity contribution is 0.568. The summed E-state index contributed by atoms with van der Waals surface area (Å²) in [5.41, 5.74) is 5.75. The van der Waals surface area contributed by atoms with Crippen LogP contribution >= 0.6 is 11.6 Å². The van der Waals surface area contributed by atoms with E-state index in [9.17, 15) is 8.78 Å². The number of nitrogens with two attached hydrogens (primary N) is 1. The molecule has 0 spiro atoms. The van der Waals surface area contributed by atoms with Crippen LogP contribution in [0.2, 0.25) is 5.02 Å². The van der Waals surface area contributed by atoms with Crippen LogP contribution in [0, 0.1) is 11.6 Å². The van der Waals surface area contributed by atoms with Crippen molar-refractivity contribution in [2.24, 2.45) is 5.73 Å². The fourth-order valence-electron chi connectivity index (χ4n) is 1.22. The number of aryl methyl sites for hydroxylation is 1. The molecule has 0 aromatic heterocycles. The molecule has 14 heavy (non-hydrogen) atoms. The van der Waals surface area contributed by atoms with E-state index in [0.29, 0.717) is 18.5 Å². The van der Waals surface area contributed by atoms with Gasteiger partial charge in [-0.3, -0.25) is 0 Å². The average Bonchev–Trinajstić information content (AvgIpc) is 2.18. The summed E-state index contributed by atoms with van der Waals surface area (Å²) in [7, 11) is 0. The van der Waals surface area contributed by atoms with Gasteiger partial charge in [-0.1, -0.05) is 17.7 Å². The minimum absolute atomic E-state index is 0.421. The summed E-state index contributed by atoms with van der Waals surface area (Å²) < 4.78 is 26.0. The van der Waals surface area contributed by atoms with Crippen molar-refractivity contribution in [2.45, 2.75) is 19.3 Å². The molecule has 0 saturated heterocycles. The van der Waals surface area contributed by atoms with Crippen molar-refractivity contribution < 1.29 is 8.78 Å². The van der Waals surface area contributed by atoms with Crippen molar-refractivity contribution in [3.63, 3.8) is 0 Å². The van der Waals surface area contributed by atoms with E-state index in [-0.39, 0.29) is 0 Å². The lowest BCUT2D eigenvalue weighted by Gasteiger charge is -2.04. The Bertz CT molecular complexity index is 315. The molecule has 0 bridgehead atoms. The standard InChI is InChI=1S/C10H12ClF2N/c11-9-8(12)5-4-7(10(9)13)3-1-2-6-14/h4-5H,1-3,6,14H2. The fraction of sp³-hybridized carbons (Fsp3) is 0.400. The Labute approximate surface area is 86.9 Å². The quantitative estimate of drug-likeness (QED) is 0.612. The summed E-state index contributed by atoms with van der Waals surface area (Å²) >= 11 is 5.42. The fourth-order valence-corrected chi connectivity index (χ4v) is 1.40. The van der Waals surface area contributed by atoms with E-state index >= 15 is 0 Å². The molecule has 1 aromatic carbocycles. The number of hydrogen-bond donors (Lipinski definition) is 1. The molecule has 0 aliphatic carbocycles. The maximum absolute atomic E-state index is 13.3. The van der Waals surface area contributed by atoms with Gasteiger partial charge in [0.25, 0.3) is 0 Å². The highest BCUT2D eigenvalue weighted by Crippen LogP contribution is 2.22. The van der Waals surface area contributed by atoms with Gasteiger partial charge in [-0.15, -0.1) is 0 Å². The van der Waals surface area contributed by atoms with Gasteiger partial charge in [0.05, 0.1) is 0 Å². The third-order valence-corrected chi connectivity index (χ3v) is 2.36. The highest BCUT2D eigenvalue weighted by atomic mass is 35.5. The van der Waals surface area contributed by atoms with Crippen LogP contribution < -0.4 is 5.73 Å². The maximum atomic E-state index is 13.3. The van der Waals surface area contributed by atoms with Crippen LogP contribution in [0.3, 0.4) is 0 Å². The zero-order chi connectivity index (χ0) is 10.6. The Hall–Kier alpha value is -0.670. The summed E-state index contributed by atoms with van der Waals surface area (Å²) in [6.45, 7) is 0.580. The highest BCUT2D eigenvalue weighted by Gasteiger charge is 2.10. The van der Waals surface area contributed by atoms with Crippen LogP contribution in [0.5, 0.6) is 0 Å². The van der Waals surface area contributed by atoms with Gasteiger partial charge in [-0.05, 0) is 37.4 Å². The summed E-state index contributed by atoms with van der Waals surface area (Å²) in [5, 5.41) is -0.421. The zero-order valence-corrected chi connectivity index (χ0v) is 8.45. The molecule has 0 aliphatic heterocycles. The lowest BCUT2D eigenvalue weighted by Crippen LogP contribution is -2.00. The predicted octanol–water partition coefficient (Wildman–Crippen LogP) is 2.90. The topological polar surface area (TPSA) is 26.0 Å². The smallest absolute Gasteiger partial charge is 0.147 e. The third kappa shape index (κ3) is 2.66. The normalized spacial score (nSPS) is 10.6. The molecule has 4 heteroatoms. The van der Waals surface area contributed by atoms with Gasteiger partial charge in [0.15, 0.2) is 0 Å². The number of benzene rings is 1. The Morgan fingerprint density at radius 3 is 2.57 bits per heavy atom. The van der Waals surface area contributed by atoms with Gasteiger partial charge >= 0.3 is 0 Å². The highest BCUT2D eigenvalue weighted by molar-refractivity contribution is 6.30. The third-order valence-electron chi connectivity index (χ3n) is 2.02. The molecule has 1 nitrogen and oxygen atoms in total. The van der Waals surface area contributed by atoms with Gasteiger partial charge in [0.1, 0.15) is 16.7 Å². The second-order valence-electron chi connectivity index (χ2n) is 3.08. The monoisotopic (exact) mass is 219 g/mol. The van der Waals surface area contributed by atoms with Crippen LogP contribution in [-0.4, -0.2) is 6.54 Å². The van der Waals surface area contributed by atoms with Crippen molar-refractivity contribution in [3.8, 4) is 0 Å². The molecule has 0 saturated carbocycles. The summed E-state index contributed by atoms with van der Waals surface area (Å²) in [6.07, 6.45) is 2.16. The van der Waals surface area contributed by atoms with Crippen molar-refractivity contribution >= 4 is 11.6 Å². The molecule has 0 radical (unpaired) electrons. The molecule has 0 unspecified atom stereocenters. The van der Waals surface area contributed by atoms with Gasteiger partial charge in [0, 0.05) is 0 Å². The van der Waals surface area contributed by atoms with Crippen molar-refractivity contribution in [3.05, 3.63) is 34.4 Å². The van der Waals surface area contributed by atoms with Crippen LogP contribution in [0.4, 0.5) is 8.78 Å². The first kappa shape index (κ1) is 11.4. The second kappa shape index (κ2) is 5.27.